The van der Waals surface area contributed by atoms with Gasteiger partial charge in [0, 0.05) is 45.2 Å². The molecule has 2 fully saturated rings. The fourth-order valence-electron chi connectivity index (χ4n) is 3.88. The largest absolute Gasteiger partial charge is 0.387 e. The van der Waals surface area contributed by atoms with Crippen molar-refractivity contribution in [3.05, 3.63) is 35.9 Å². The normalized spacial score (nSPS) is 26.5. The summed E-state index contributed by atoms with van der Waals surface area (Å²) in [7, 11) is 0. The van der Waals surface area contributed by atoms with E-state index in [2.05, 4.69) is 4.90 Å². The van der Waals surface area contributed by atoms with Crippen molar-refractivity contribution < 1.29 is 9.90 Å². The summed E-state index contributed by atoms with van der Waals surface area (Å²) in [6, 6.07) is 9.96. The number of rotatable bonds is 5. The summed E-state index contributed by atoms with van der Waals surface area (Å²) in [6.45, 7) is 3.78. The molecule has 1 unspecified atom stereocenters. The molecule has 3 rings (SSSR count). The van der Waals surface area contributed by atoms with Crippen LogP contribution in [0.4, 0.5) is 0 Å². The summed E-state index contributed by atoms with van der Waals surface area (Å²) in [5.41, 5.74) is 7.03. The van der Waals surface area contributed by atoms with Crippen LogP contribution in [0.3, 0.4) is 0 Å². The maximum Gasteiger partial charge on any atom is 0.222 e. The third kappa shape index (κ3) is 4.35. The van der Waals surface area contributed by atoms with Gasteiger partial charge in [0.2, 0.25) is 5.91 Å². The molecular formula is C19H29N3O2. The van der Waals surface area contributed by atoms with Gasteiger partial charge in [-0.15, -0.1) is 0 Å². The summed E-state index contributed by atoms with van der Waals surface area (Å²) in [5, 5.41) is 10.3. The molecule has 1 aliphatic heterocycles. The first-order valence-corrected chi connectivity index (χ1v) is 9.12. The molecule has 0 bridgehead atoms. The van der Waals surface area contributed by atoms with Crippen molar-refractivity contribution >= 4 is 5.91 Å². The smallest absolute Gasteiger partial charge is 0.222 e. The van der Waals surface area contributed by atoms with Gasteiger partial charge in [-0.1, -0.05) is 36.8 Å². The number of carbonyl (C=O) groups excluding carboxylic acids is 1. The van der Waals surface area contributed by atoms with Gasteiger partial charge >= 0.3 is 0 Å². The highest BCUT2D eigenvalue weighted by atomic mass is 16.3. The van der Waals surface area contributed by atoms with E-state index in [1.54, 1.807) is 0 Å². The Bertz CT molecular complexity index is 529. The Morgan fingerprint density at radius 3 is 2.50 bits per heavy atom. The predicted octanol–water partition coefficient (Wildman–Crippen LogP) is 1.38. The van der Waals surface area contributed by atoms with E-state index in [9.17, 15) is 9.90 Å². The number of nitrogens with two attached hydrogens (primary N) is 1. The van der Waals surface area contributed by atoms with Crippen molar-refractivity contribution in [2.45, 2.75) is 37.8 Å². The van der Waals surface area contributed by atoms with Crippen LogP contribution in [-0.4, -0.2) is 59.6 Å². The summed E-state index contributed by atoms with van der Waals surface area (Å²) in [4.78, 5) is 16.7. The fourth-order valence-corrected chi connectivity index (χ4v) is 3.88. The summed E-state index contributed by atoms with van der Waals surface area (Å²) in [5.74, 6) is 0.621. The minimum atomic E-state index is -0.468. The molecule has 0 aromatic heterocycles. The topological polar surface area (TPSA) is 69.8 Å². The van der Waals surface area contributed by atoms with Gasteiger partial charge in [-0.3, -0.25) is 9.69 Å². The lowest BCUT2D eigenvalue weighted by molar-refractivity contribution is -0.134. The number of hydrogen-bond donors (Lipinski definition) is 2. The molecular weight excluding hydrogens is 302 g/mol. The van der Waals surface area contributed by atoms with Crippen molar-refractivity contribution in [1.29, 1.82) is 0 Å². The molecule has 1 aromatic carbocycles. The monoisotopic (exact) mass is 331 g/mol. The van der Waals surface area contributed by atoms with Gasteiger partial charge in [0.1, 0.15) is 0 Å². The SMILES string of the molecule is N[C@@H]1CCC[C@H]1CC(=O)N1CCN(CC(O)c2ccccc2)CC1. The summed E-state index contributed by atoms with van der Waals surface area (Å²) >= 11 is 0. The van der Waals surface area contributed by atoms with E-state index in [4.69, 9.17) is 5.73 Å². The quantitative estimate of drug-likeness (QED) is 0.855. The van der Waals surface area contributed by atoms with Crippen LogP contribution in [-0.2, 0) is 4.79 Å². The number of nitrogens with zero attached hydrogens (tertiary/aromatic N) is 2. The molecule has 1 aliphatic carbocycles. The maximum atomic E-state index is 12.5. The first-order valence-electron chi connectivity index (χ1n) is 9.12. The molecule has 1 aromatic rings. The van der Waals surface area contributed by atoms with E-state index < -0.39 is 6.10 Å². The van der Waals surface area contributed by atoms with Gasteiger partial charge in [-0.25, -0.2) is 0 Å². The zero-order chi connectivity index (χ0) is 16.9. The van der Waals surface area contributed by atoms with Gasteiger partial charge in [0.05, 0.1) is 6.10 Å². The third-order valence-corrected chi connectivity index (χ3v) is 5.50. The molecule has 2 aliphatic rings. The number of aliphatic hydroxyl groups excluding tert-OH is 1. The maximum absolute atomic E-state index is 12.5. The molecule has 1 saturated carbocycles. The summed E-state index contributed by atoms with van der Waals surface area (Å²) in [6.07, 6.45) is 3.45. The zero-order valence-electron chi connectivity index (χ0n) is 14.3. The molecule has 0 radical (unpaired) electrons. The van der Waals surface area contributed by atoms with E-state index in [1.165, 1.54) is 0 Å². The van der Waals surface area contributed by atoms with Crippen molar-refractivity contribution in [3.63, 3.8) is 0 Å². The number of piperazine rings is 1. The van der Waals surface area contributed by atoms with Crippen molar-refractivity contribution in [1.82, 2.24) is 9.80 Å². The Hall–Kier alpha value is -1.43. The van der Waals surface area contributed by atoms with E-state index in [0.29, 0.717) is 18.9 Å². The fraction of sp³-hybridized carbons (Fsp3) is 0.632. The van der Waals surface area contributed by atoms with Gasteiger partial charge < -0.3 is 15.7 Å². The molecule has 132 valence electrons. The lowest BCUT2D eigenvalue weighted by Gasteiger charge is -2.36. The molecule has 5 heteroatoms. The molecule has 3 atom stereocenters. The second-order valence-corrected chi connectivity index (χ2v) is 7.17. The van der Waals surface area contributed by atoms with Crippen LogP contribution in [0.25, 0.3) is 0 Å². The number of amides is 1. The van der Waals surface area contributed by atoms with Crippen molar-refractivity contribution in [2.24, 2.45) is 11.7 Å². The molecule has 1 heterocycles. The van der Waals surface area contributed by atoms with Gasteiger partial charge in [-0.05, 0) is 24.3 Å². The Kier molecular flexibility index (Phi) is 5.87. The highest BCUT2D eigenvalue weighted by Crippen LogP contribution is 2.27. The van der Waals surface area contributed by atoms with Crippen LogP contribution < -0.4 is 5.73 Å². The second-order valence-electron chi connectivity index (χ2n) is 7.17. The van der Waals surface area contributed by atoms with E-state index in [1.807, 2.05) is 35.2 Å². The number of β-amino-alcohol motifs (C(OH)–C–C–N with tert-alkyl or cyclic N) is 1. The highest BCUT2D eigenvalue weighted by Gasteiger charge is 2.29. The second kappa shape index (κ2) is 8.10. The standard InChI is InChI=1S/C19H29N3O2/c20-17-8-4-7-16(17)13-19(24)22-11-9-21(10-12-22)14-18(23)15-5-2-1-3-6-15/h1-3,5-6,16-18,23H,4,7-14,20H2/t16-,17+,18?/m0/s1. The van der Waals surface area contributed by atoms with E-state index in [0.717, 1.165) is 51.0 Å². The van der Waals surface area contributed by atoms with Crippen LogP contribution in [0, 0.1) is 5.92 Å². The average molecular weight is 331 g/mol. The van der Waals surface area contributed by atoms with E-state index >= 15 is 0 Å². The highest BCUT2D eigenvalue weighted by molar-refractivity contribution is 5.76. The lowest BCUT2D eigenvalue weighted by Crippen LogP contribution is -2.50. The number of hydrogen-bond acceptors (Lipinski definition) is 4. The van der Waals surface area contributed by atoms with Crippen LogP contribution in [0.2, 0.25) is 0 Å². The zero-order valence-corrected chi connectivity index (χ0v) is 14.3. The average Bonchev–Trinajstić information content (AvgIpc) is 3.01. The van der Waals surface area contributed by atoms with Crippen LogP contribution in [0.5, 0.6) is 0 Å². The third-order valence-electron chi connectivity index (χ3n) is 5.50. The minimum absolute atomic E-state index is 0.205. The first kappa shape index (κ1) is 17.4. The number of aliphatic hydroxyl groups is 1. The summed E-state index contributed by atoms with van der Waals surface area (Å²) < 4.78 is 0. The molecule has 24 heavy (non-hydrogen) atoms. The first-order chi connectivity index (χ1) is 11.6. The molecule has 3 N–H and O–H groups in total. The van der Waals surface area contributed by atoms with Gasteiger partial charge in [-0.2, -0.15) is 0 Å². The van der Waals surface area contributed by atoms with Crippen molar-refractivity contribution in [3.8, 4) is 0 Å². The van der Waals surface area contributed by atoms with Gasteiger partial charge in [0.25, 0.3) is 0 Å². The minimum Gasteiger partial charge on any atom is -0.387 e. The number of benzene rings is 1. The Labute approximate surface area is 144 Å². The molecule has 5 nitrogen and oxygen atoms in total. The Morgan fingerprint density at radius 2 is 1.88 bits per heavy atom. The Balaban J connectivity index is 1.43. The lowest BCUT2D eigenvalue weighted by atomic mass is 9.99. The van der Waals surface area contributed by atoms with Crippen molar-refractivity contribution in [2.75, 3.05) is 32.7 Å². The van der Waals surface area contributed by atoms with Crippen LogP contribution in [0.15, 0.2) is 30.3 Å². The van der Waals surface area contributed by atoms with Crippen LogP contribution in [0.1, 0.15) is 37.4 Å². The molecule has 0 spiro atoms. The Morgan fingerprint density at radius 1 is 1.17 bits per heavy atom. The molecule has 1 amide bonds. The van der Waals surface area contributed by atoms with E-state index in [-0.39, 0.29) is 11.9 Å². The van der Waals surface area contributed by atoms with Crippen LogP contribution >= 0.6 is 0 Å². The predicted molar refractivity (Wildman–Crippen MR) is 94.4 cm³/mol. The van der Waals surface area contributed by atoms with Gasteiger partial charge in [0.15, 0.2) is 0 Å². The number of carbonyl (C=O) groups is 1. The molecule has 1 saturated heterocycles.